The monoisotopic (exact) mass is 427 g/mol. The lowest BCUT2D eigenvalue weighted by Gasteiger charge is -2.33. The topological polar surface area (TPSA) is 91.9 Å². The predicted octanol–water partition coefficient (Wildman–Crippen LogP) is 3.33. The third-order valence-corrected chi connectivity index (χ3v) is 6.04. The maximum Gasteiger partial charge on any atom is 0.436 e. The van der Waals surface area contributed by atoms with Crippen LogP contribution in [0, 0.1) is 11.3 Å². The number of nitrogens with zero attached hydrogens (tertiary/aromatic N) is 5. The molecular weight excluding hydrogens is 407 g/mol. The van der Waals surface area contributed by atoms with Crippen LogP contribution in [-0.4, -0.2) is 42.5 Å². The maximum absolute atomic E-state index is 13.5. The van der Waals surface area contributed by atoms with Crippen LogP contribution in [0.5, 0.6) is 0 Å². The second kappa shape index (κ2) is 7.67. The largest absolute Gasteiger partial charge is 0.436 e. The maximum atomic E-state index is 13.5. The van der Waals surface area contributed by atoms with Crippen molar-refractivity contribution in [1.82, 2.24) is 14.8 Å². The molecule has 2 aromatic heterocycles. The van der Waals surface area contributed by atoms with Crippen molar-refractivity contribution in [2.24, 2.45) is 0 Å². The highest BCUT2D eigenvalue weighted by Crippen LogP contribution is 2.38. The molecule has 1 fully saturated rings. The van der Waals surface area contributed by atoms with Crippen LogP contribution in [0.25, 0.3) is 5.69 Å². The molecule has 29 heavy (non-hydrogen) atoms. The molecule has 1 aliphatic carbocycles. The van der Waals surface area contributed by atoms with Crippen LogP contribution in [0.1, 0.15) is 43.4 Å². The fraction of sp³-hybridized carbons (Fsp3) is 0.500. The van der Waals surface area contributed by atoms with Gasteiger partial charge < -0.3 is 4.90 Å². The highest BCUT2D eigenvalue weighted by atomic mass is 32.2. The van der Waals surface area contributed by atoms with E-state index in [1.54, 1.807) is 18.0 Å². The predicted molar refractivity (Wildman–Crippen MR) is 99.5 cm³/mol. The lowest BCUT2D eigenvalue weighted by Crippen LogP contribution is -2.35. The van der Waals surface area contributed by atoms with Gasteiger partial charge in [-0.05, 0) is 25.0 Å². The molecule has 0 saturated heterocycles. The number of pyridine rings is 1. The minimum Gasteiger partial charge on any atom is -0.355 e. The van der Waals surface area contributed by atoms with Crippen molar-refractivity contribution in [2.45, 2.75) is 49.3 Å². The van der Waals surface area contributed by atoms with E-state index in [1.165, 1.54) is 12.1 Å². The van der Waals surface area contributed by atoms with Crippen LogP contribution in [0.4, 0.5) is 19.0 Å². The number of halogens is 3. The smallest absolute Gasteiger partial charge is 0.355 e. The molecule has 11 heteroatoms. The van der Waals surface area contributed by atoms with Gasteiger partial charge in [-0.1, -0.05) is 19.3 Å². The first-order valence-electron chi connectivity index (χ1n) is 9.03. The highest BCUT2D eigenvalue weighted by molar-refractivity contribution is 7.90. The van der Waals surface area contributed by atoms with Gasteiger partial charge in [0, 0.05) is 19.3 Å². The summed E-state index contributed by atoms with van der Waals surface area (Å²) < 4.78 is 64.8. The number of rotatable bonds is 4. The van der Waals surface area contributed by atoms with Gasteiger partial charge in [-0.15, -0.1) is 0 Å². The van der Waals surface area contributed by atoms with Crippen LogP contribution in [0.15, 0.2) is 23.4 Å². The van der Waals surface area contributed by atoms with Crippen molar-refractivity contribution in [3.05, 3.63) is 29.6 Å². The summed E-state index contributed by atoms with van der Waals surface area (Å²) >= 11 is 0. The molecule has 0 atom stereocenters. The molecule has 0 radical (unpaired) electrons. The van der Waals surface area contributed by atoms with E-state index in [0.717, 1.165) is 49.2 Å². The Morgan fingerprint density at radius 2 is 1.90 bits per heavy atom. The van der Waals surface area contributed by atoms with Crippen LogP contribution >= 0.6 is 0 Å². The summed E-state index contributed by atoms with van der Waals surface area (Å²) in [6.07, 6.45) is 1.92. The van der Waals surface area contributed by atoms with Gasteiger partial charge in [0.25, 0.3) is 0 Å². The lowest BCUT2D eigenvalue weighted by molar-refractivity contribution is -0.141. The number of alkyl halides is 3. The zero-order valence-corrected chi connectivity index (χ0v) is 16.8. The van der Waals surface area contributed by atoms with Crippen molar-refractivity contribution in [3.63, 3.8) is 0 Å². The number of sulfone groups is 1. The quantitative estimate of drug-likeness (QED) is 0.743. The van der Waals surface area contributed by atoms with Crippen LogP contribution in [-0.2, 0) is 16.0 Å². The molecule has 0 unspecified atom stereocenters. The number of aromatic nitrogens is 3. The molecule has 0 spiro atoms. The minimum absolute atomic E-state index is 0.0179. The second-order valence-electron chi connectivity index (χ2n) is 7.10. The van der Waals surface area contributed by atoms with Crippen molar-refractivity contribution in [1.29, 1.82) is 5.26 Å². The molecule has 0 N–H and O–H groups in total. The number of hydrogen-bond donors (Lipinski definition) is 0. The van der Waals surface area contributed by atoms with Gasteiger partial charge in [0.1, 0.15) is 11.6 Å². The van der Waals surface area contributed by atoms with Crippen LogP contribution in [0.2, 0.25) is 0 Å². The fourth-order valence-electron chi connectivity index (χ4n) is 3.57. The Morgan fingerprint density at radius 3 is 2.38 bits per heavy atom. The van der Waals surface area contributed by atoms with E-state index >= 15 is 0 Å². The molecule has 1 aliphatic rings. The average molecular weight is 427 g/mol. The van der Waals surface area contributed by atoms with E-state index in [0.29, 0.717) is 0 Å². The van der Waals surface area contributed by atoms with Gasteiger partial charge in [-0.3, -0.25) is 0 Å². The lowest BCUT2D eigenvalue weighted by atomic mass is 9.94. The minimum atomic E-state index is -4.81. The molecule has 3 rings (SSSR count). The van der Waals surface area contributed by atoms with Crippen molar-refractivity contribution in [2.75, 3.05) is 18.2 Å². The van der Waals surface area contributed by atoms with Crippen molar-refractivity contribution in [3.8, 4) is 11.8 Å². The first-order valence-corrected chi connectivity index (χ1v) is 10.9. The first kappa shape index (κ1) is 21.1. The van der Waals surface area contributed by atoms with E-state index < -0.39 is 27.3 Å². The SMILES string of the molecule is CN(c1c(C#N)c(C(F)(F)F)nn1-c1ccc(S(C)(=O)=O)nc1)C1CCCCC1. The third-order valence-electron chi connectivity index (χ3n) is 5.04. The Morgan fingerprint density at radius 1 is 1.24 bits per heavy atom. The molecule has 156 valence electrons. The molecule has 0 amide bonds. The molecule has 2 heterocycles. The summed E-state index contributed by atoms with van der Waals surface area (Å²) in [6.45, 7) is 0. The molecule has 1 saturated carbocycles. The van der Waals surface area contributed by atoms with E-state index in [2.05, 4.69) is 10.1 Å². The molecule has 2 aromatic rings. The summed E-state index contributed by atoms with van der Waals surface area (Å²) in [7, 11) is -1.90. The zero-order chi connectivity index (χ0) is 21.4. The van der Waals surface area contributed by atoms with Gasteiger partial charge in [0.15, 0.2) is 26.4 Å². The molecule has 0 aliphatic heterocycles. The normalized spacial score (nSPS) is 15.9. The Balaban J connectivity index is 2.17. The van der Waals surface area contributed by atoms with Gasteiger partial charge in [0.05, 0.1) is 11.9 Å². The Bertz CT molecular complexity index is 1030. The van der Waals surface area contributed by atoms with Gasteiger partial charge in [-0.25, -0.2) is 18.1 Å². The van der Waals surface area contributed by atoms with E-state index in [-0.39, 0.29) is 22.6 Å². The molecule has 7 nitrogen and oxygen atoms in total. The van der Waals surface area contributed by atoms with Crippen LogP contribution < -0.4 is 4.90 Å². The summed E-state index contributed by atoms with van der Waals surface area (Å²) in [5.41, 5.74) is -1.69. The molecule has 0 bridgehead atoms. The summed E-state index contributed by atoms with van der Waals surface area (Å²) in [6, 6.07) is 4.17. The summed E-state index contributed by atoms with van der Waals surface area (Å²) in [5.74, 6) is 0.0284. The van der Waals surface area contributed by atoms with Gasteiger partial charge >= 0.3 is 6.18 Å². The average Bonchev–Trinajstić information content (AvgIpc) is 3.07. The van der Waals surface area contributed by atoms with Gasteiger partial charge in [-0.2, -0.15) is 23.5 Å². The second-order valence-corrected chi connectivity index (χ2v) is 9.06. The number of hydrogen-bond acceptors (Lipinski definition) is 6. The number of anilines is 1. The fourth-order valence-corrected chi connectivity index (χ4v) is 4.13. The van der Waals surface area contributed by atoms with E-state index in [4.69, 9.17) is 0 Å². The van der Waals surface area contributed by atoms with Crippen molar-refractivity contribution < 1.29 is 21.6 Å². The summed E-state index contributed by atoms with van der Waals surface area (Å²) in [5, 5.41) is 13.0. The Kier molecular flexibility index (Phi) is 5.58. The van der Waals surface area contributed by atoms with Gasteiger partial charge in [0.2, 0.25) is 0 Å². The standard InChI is InChI=1S/C18H20F3N5O2S/c1-25(12-6-4-3-5-7-12)17-14(10-22)16(18(19,20)21)24-26(17)13-8-9-15(23-11-13)29(2,27)28/h8-9,11-12H,3-7H2,1-2H3. The third kappa shape index (κ3) is 4.22. The Hall–Kier alpha value is -2.61. The Labute approximate surface area is 166 Å². The summed E-state index contributed by atoms with van der Waals surface area (Å²) in [4.78, 5) is 5.51. The molecule has 0 aromatic carbocycles. The van der Waals surface area contributed by atoms with Crippen molar-refractivity contribution >= 4 is 15.7 Å². The first-order chi connectivity index (χ1) is 13.5. The number of nitriles is 1. The van der Waals surface area contributed by atoms with E-state index in [1.807, 2.05) is 0 Å². The molecular formula is C18H20F3N5O2S. The highest BCUT2D eigenvalue weighted by Gasteiger charge is 2.41. The van der Waals surface area contributed by atoms with E-state index in [9.17, 15) is 26.9 Å². The van der Waals surface area contributed by atoms with Crippen LogP contribution in [0.3, 0.4) is 0 Å². The zero-order valence-electron chi connectivity index (χ0n) is 15.9.